The van der Waals surface area contributed by atoms with Gasteiger partial charge in [0.25, 0.3) is 5.56 Å². The van der Waals surface area contributed by atoms with Crippen molar-refractivity contribution in [1.82, 2.24) is 9.55 Å². The maximum atomic E-state index is 11.6. The minimum atomic E-state index is -3.98. The Hall–Kier alpha value is -1.59. The first kappa shape index (κ1) is 24.1. The van der Waals surface area contributed by atoms with Crippen molar-refractivity contribution in [3.8, 4) is 5.75 Å². The summed E-state index contributed by atoms with van der Waals surface area (Å²) in [5.41, 5.74) is 0.374. The molecule has 0 saturated carbocycles. The predicted molar refractivity (Wildman–Crippen MR) is 118 cm³/mol. The molecule has 0 bridgehead atoms. The molecule has 2 radical (unpaired) electrons. The number of fused-ring (bicyclic) bond motifs is 1. The molecule has 31 heavy (non-hydrogen) atoms. The summed E-state index contributed by atoms with van der Waals surface area (Å²) in [5.74, 6) is 0.437. The van der Waals surface area contributed by atoms with Gasteiger partial charge in [0.1, 0.15) is 12.7 Å². The number of aromatic nitrogens is 2. The predicted octanol–water partition coefficient (Wildman–Crippen LogP) is 2.35. The molecule has 166 valence electrons. The van der Waals surface area contributed by atoms with Crippen LogP contribution in [0.4, 0.5) is 0 Å². The maximum Gasteiger partial charge on any atom is 0.621 e. The van der Waals surface area contributed by atoms with Crippen LogP contribution in [0, 0.1) is 25.5 Å². The summed E-state index contributed by atoms with van der Waals surface area (Å²) in [4.78, 5) is 25.0. The molecular formula is C19H25BN2O7PS+. The topological polar surface area (TPSA) is 115 Å². The van der Waals surface area contributed by atoms with Crippen molar-refractivity contribution in [3.63, 3.8) is 0 Å². The highest BCUT2D eigenvalue weighted by Crippen LogP contribution is 2.64. The van der Waals surface area contributed by atoms with Gasteiger partial charge in [0.05, 0.1) is 0 Å². The number of hydrogen-bond acceptors (Lipinski definition) is 8. The van der Waals surface area contributed by atoms with E-state index in [9.17, 15) is 14.8 Å². The van der Waals surface area contributed by atoms with E-state index < -0.39 is 20.0 Å². The molecule has 2 heterocycles. The van der Waals surface area contributed by atoms with Gasteiger partial charge >= 0.3 is 8.17 Å². The van der Waals surface area contributed by atoms with Gasteiger partial charge in [-0.15, -0.1) is 9.05 Å². The van der Waals surface area contributed by atoms with E-state index in [4.69, 9.17) is 38.4 Å². The van der Waals surface area contributed by atoms with Crippen LogP contribution >= 0.6 is 20.4 Å². The zero-order valence-corrected chi connectivity index (χ0v) is 19.5. The minimum Gasteiger partial charge on any atom is -0.377 e. The highest BCUT2D eigenvalue weighted by atomic mass is 32.1. The molecule has 1 aromatic carbocycles. The van der Waals surface area contributed by atoms with Crippen molar-refractivity contribution < 1.29 is 28.3 Å². The zero-order valence-electron chi connectivity index (χ0n) is 17.7. The highest BCUT2D eigenvalue weighted by Gasteiger charge is 2.57. The third kappa shape index (κ3) is 5.43. The van der Waals surface area contributed by atoms with E-state index in [2.05, 4.69) is 4.98 Å². The van der Waals surface area contributed by atoms with Crippen LogP contribution in [0.15, 0.2) is 23.1 Å². The van der Waals surface area contributed by atoms with Crippen molar-refractivity contribution in [2.75, 3.05) is 7.11 Å². The van der Waals surface area contributed by atoms with Crippen LogP contribution < -0.4 is 10.1 Å². The van der Waals surface area contributed by atoms with E-state index in [0.717, 1.165) is 16.7 Å². The average molecular weight is 467 g/mol. The lowest BCUT2D eigenvalue weighted by Crippen LogP contribution is -2.47. The fourth-order valence-electron chi connectivity index (χ4n) is 3.40. The summed E-state index contributed by atoms with van der Waals surface area (Å²) in [6.45, 7) is 5.74. The molecule has 1 aromatic heterocycles. The summed E-state index contributed by atoms with van der Waals surface area (Å²) in [6.07, 6.45) is 0.677. The molecule has 2 aromatic rings. The number of methoxy groups -OCH3 is 1. The quantitative estimate of drug-likeness (QED) is 0.246. The highest BCUT2D eigenvalue weighted by molar-refractivity contribution is 7.71. The SMILES string of the molecule is [B]C(O)(O[P+]1(O)OCc2cc(C)cc(C)c2O1)C(CCn1cc(C)c(=O)[nH]c1=S)OC. The van der Waals surface area contributed by atoms with Gasteiger partial charge in [0.2, 0.25) is 0 Å². The molecule has 3 unspecified atom stereocenters. The molecule has 12 heteroatoms. The molecule has 1 aliphatic rings. The van der Waals surface area contributed by atoms with Gasteiger partial charge in [0.15, 0.2) is 24.1 Å². The first-order chi connectivity index (χ1) is 14.4. The van der Waals surface area contributed by atoms with Gasteiger partial charge in [-0.2, -0.15) is 4.89 Å². The normalized spacial score (nSPS) is 21.1. The largest absolute Gasteiger partial charge is 0.621 e. The molecule has 3 atom stereocenters. The zero-order chi connectivity index (χ0) is 23.0. The number of hydrogen-bond donors (Lipinski definition) is 3. The van der Waals surface area contributed by atoms with Gasteiger partial charge in [0, 0.05) is 31.0 Å². The third-order valence-corrected chi connectivity index (χ3v) is 6.64. The Kier molecular flexibility index (Phi) is 7.07. The second-order valence-corrected chi connectivity index (χ2v) is 9.47. The first-order valence-corrected chi connectivity index (χ1v) is 11.5. The molecule has 0 amide bonds. The molecule has 0 aliphatic carbocycles. The van der Waals surface area contributed by atoms with Crippen LogP contribution in [0.1, 0.15) is 28.7 Å². The van der Waals surface area contributed by atoms with E-state index >= 15 is 0 Å². The van der Waals surface area contributed by atoms with Crippen molar-refractivity contribution in [3.05, 3.63) is 55.7 Å². The van der Waals surface area contributed by atoms with Gasteiger partial charge in [-0.3, -0.25) is 14.3 Å². The standard InChI is InChI=1S/C19H24BN2O7PS/c1-11-7-12(2)16-14(8-11)10-27-30(25,28-16)29-19(20,24)15(26-4)5-6-22-9-13(3)17(23)21-18(22)31/h7-9,15,24-25H,5-6,10H2,1-4H3/p+1. The van der Waals surface area contributed by atoms with Crippen LogP contribution in [0.3, 0.4) is 0 Å². The van der Waals surface area contributed by atoms with E-state index in [1.54, 1.807) is 17.7 Å². The number of aryl methyl sites for hydroxylation is 4. The van der Waals surface area contributed by atoms with Gasteiger partial charge in [-0.05, 0) is 51.0 Å². The lowest BCUT2D eigenvalue weighted by atomic mass is 9.87. The van der Waals surface area contributed by atoms with Crippen molar-refractivity contribution in [1.29, 1.82) is 0 Å². The Balaban J connectivity index is 1.74. The lowest BCUT2D eigenvalue weighted by molar-refractivity contribution is -0.172. The third-order valence-electron chi connectivity index (χ3n) is 4.91. The monoisotopic (exact) mass is 467 g/mol. The summed E-state index contributed by atoms with van der Waals surface area (Å²) >= 11 is 5.15. The number of benzene rings is 1. The molecule has 0 spiro atoms. The Morgan fingerprint density at radius 2 is 2.10 bits per heavy atom. The molecular weight excluding hydrogens is 442 g/mol. The van der Waals surface area contributed by atoms with Gasteiger partial charge in [-0.25, -0.2) is 0 Å². The fraction of sp³-hybridized carbons (Fsp3) is 0.474. The molecule has 3 N–H and O–H groups in total. The Morgan fingerprint density at radius 1 is 1.39 bits per heavy atom. The van der Waals surface area contributed by atoms with Crippen LogP contribution in [-0.4, -0.2) is 46.3 Å². The molecule has 3 rings (SSSR count). The summed E-state index contributed by atoms with van der Waals surface area (Å²) in [5, 5.41) is 10.7. The summed E-state index contributed by atoms with van der Waals surface area (Å²) < 4.78 is 23.5. The second-order valence-electron chi connectivity index (χ2n) is 7.52. The maximum absolute atomic E-state index is 11.6. The minimum absolute atomic E-state index is 0.0433. The van der Waals surface area contributed by atoms with E-state index in [1.165, 1.54) is 7.11 Å². The Morgan fingerprint density at radius 3 is 2.77 bits per heavy atom. The second kappa shape index (κ2) is 9.11. The van der Waals surface area contributed by atoms with Crippen LogP contribution in [0.25, 0.3) is 0 Å². The summed E-state index contributed by atoms with van der Waals surface area (Å²) in [7, 11) is 3.32. The lowest BCUT2D eigenvalue weighted by Gasteiger charge is -2.33. The number of aliphatic hydroxyl groups is 1. The molecule has 1 aliphatic heterocycles. The fourth-order valence-corrected chi connectivity index (χ4v) is 5.06. The average Bonchev–Trinajstić information content (AvgIpc) is 2.66. The van der Waals surface area contributed by atoms with E-state index in [1.807, 2.05) is 26.0 Å². The summed E-state index contributed by atoms with van der Waals surface area (Å²) in [6, 6.07) is 3.78. The van der Waals surface area contributed by atoms with Crippen LogP contribution in [0.2, 0.25) is 0 Å². The number of rotatable bonds is 7. The first-order valence-electron chi connectivity index (χ1n) is 9.55. The number of aromatic amines is 1. The Labute approximate surface area is 187 Å². The van der Waals surface area contributed by atoms with Gasteiger partial charge < -0.3 is 14.4 Å². The van der Waals surface area contributed by atoms with Crippen molar-refractivity contribution in [2.45, 2.75) is 52.1 Å². The molecule has 0 fully saturated rings. The number of nitrogens with one attached hydrogen (secondary N) is 1. The number of nitrogens with zero attached hydrogens (tertiary/aromatic N) is 1. The smallest absolute Gasteiger partial charge is 0.377 e. The molecule has 9 nitrogen and oxygen atoms in total. The van der Waals surface area contributed by atoms with Crippen molar-refractivity contribution >= 4 is 28.2 Å². The molecule has 0 saturated heterocycles. The van der Waals surface area contributed by atoms with Crippen molar-refractivity contribution in [2.24, 2.45) is 0 Å². The number of H-pyrrole nitrogens is 1. The number of ether oxygens (including phenoxy) is 1. The van der Waals surface area contributed by atoms with E-state index in [0.29, 0.717) is 11.3 Å². The Bertz CT molecular complexity index is 1090. The van der Waals surface area contributed by atoms with Gasteiger partial charge in [-0.1, -0.05) is 11.6 Å². The van der Waals surface area contributed by atoms with Crippen LogP contribution in [-0.2, 0) is 26.9 Å². The van der Waals surface area contributed by atoms with E-state index in [-0.39, 0.29) is 29.9 Å². The van der Waals surface area contributed by atoms with Crippen LogP contribution in [0.5, 0.6) is 5.75 Å².